The van der Waals surface area contributed by atoms with Gasteiger partial charge in [0.2, 0.25) is 16.0 Å². The zero-order valence-corrected chi connectivity index (χ0v) is 21.0. The van der Waals surface area contributed by atoms with Gasteiger partial charge in [0.15, 0.2) is 5.13 Å². The lowest BCUT2D eigenvalue weighted by Gasteiger charge is -2.30. The van der Waals surface area contributed by atoms with Crippen LogP contribution in [0.2, 0.25) is 0 Å². The molecular formula is C25H26N6O3S2. The minimum atomic E-state index is -3.55. The molecule has 0 aliphatic carbocycles. The van der Waals surface area contributed by atoms with E-state index in [1.165, 1.54) is 15.6 Å². The van der Waals surface area contributed by atoms with Gasteiger partial charge in [-0.2, -0.15) is 4.31 Å². The van der Waals surface area contributed by atoms with Crippen LogP contribution in [0.3, 0.4) is 0 Å². The molecule has 5 rings (SSSR count). The molecule has 0 radical (unpaired) electrons. The normalized spacial score (nSPS) is 15.6. The summed E-state index contributed by atoms with van der Waals surface area (Å²) in [6.45, 7) is 0.959. The van der Waals surface area contributed by atoms with E-state index in [0.29, 0.717) is 42.7 Å². The number of nitrogens with zero attached hydrogens (tertiary/aromatic N) is 4. The fraction of sp³-hybridized carbons (Fsp3) is 0.240. The van der Waals surface area contributed by atoms with E-state index in [4.69, 9.17) is 5.73 Å². The molecule has 9 nitrogen and oxygen atoms in total. The summed E-state index contributed by atoms with van der Waals surface area (Å²) in [5.74, 6) is 0.591. The zero-order valence-electron chi connectivity index (χ0n) is 19.4. The predicted molar refractivity (Wildman–Crippen MR) is 143 cm³/mol. The molecular weight excluding hydrogens is 496 g/mol. The predicted octanol–water partition coefficient (Wildman–Crippen LogP) is 3.98. The van der Waals surface area contributed by atoms with Crippen molar-refractivity contribution in [3.8, 4) is 0 Å². The number of nitrogens with two attached hydrogens (primary N) is 1. The summed E-state index contributed by atoms with van der Waals surface area (Å²) in [5.41, 5.74) is 9.22. The van der Waals surface area contributed by atoms with E-state index in [2.05, 4.69) is 20.3 Å². The van der Waals surface area contributed by atoms with Crippen molar-refractivity contribution < 1.29 is 13.5 Å². The highest BCUT2D eigenvalue weighted by Gasteiger charge is 2.29. The minimum Gasteiger partial charge on any atom is -0.396 e. The smallest absolute Gasteiger partial charge is 0.243 e. The van der Waals surface area contributed by atoms with Gasteiger partial charge in [-0.1, -0.05) is 29.6 Å². The van der Waals surface area contributed by atoms with Crippen molar-refractivity contribution in [3.63, 3.8) is 0 Å². The third kappa shape index (κ3) is 5.39. The first kappa shape index (κ1) is 24.3. The summed E-state index contributed by atoms with van der Waals surface area (Å²) in [7, 11) is -3.55. The summed E-state index contributed by atoms with van der Waals surface area (Å²) in [5, 5.41) is 12.9. The van der Waals surface area contributed by atoms with Gasteiger partial charge in [0, 0.05) is 43.3 Å². The minimum absolute atomic E-state index is 0.104. The Morgan fingerprint density at radius 2 is 1.75 bits per heavy atom. The monoisotopic (exact) mass is 522 g/mol. The van der Waals surface area contributed by atoms with Crippen molar-refractivity contribution in [2.45, 2.75) is 17.7 Å². The molecule has 0 saturated carbocycles. The summed E-state index contributed by atoms with van der Waals surface area (Å²) in [4.78, 5) is 13.2. The number of benzene rings is 2. The van der Waals surface area contributed by atoms with Crippen LogP contribution in [-0.4, -0.2) is 52.5 Å². The van der Waals surface area contributed by atoms with Crippen LogP contribution in [0.5, 0.6) is 0 Å². The number of anilines is 3. The van der Waals surface area contributed by atoms with Crippen LogP contribution in [0.25, 0.3) is 22.4 Å². The van der Waals surface area contributed by atoms with Gasteiger partial charge in [0.05, 0.1) is 15.1 Å². The second-order valence-corrected chi connectivity index (χ2v) is 11.6. The van der Waals surface area contributed by atoms with Crippen LogP contribution >= 0.6 is 11.3 Å². The number of aliphatic hydroxyl groups is 1. The second kappa shape index (κ2) is 10.3. The van der Waals surface area contributed by atoms with E-state index in [1.54, 1.807) is 36.7 Å². The third-order valence-electron chi connectivity index (χ3n) is 6.15. The summed E-state index contributed by atoms with van der Waals surface area (Å²) in [6.07, 6.45) is 8.68. The lowest BCUT2D eigenvalue weighted by Crippen LogP contribution is -2.39. The second-order valence-electron chi connectivity index (χ2n) is 8.63. The number of rotatable bonds is 7. The van der Waals surface area contributed by atoms with Crippen LogP contribution < -0.4 is 11.1 Å². The Labute approximate surface area is 213 Å². The summed E-state index contributed by atoms with van der Waals surface area (Å²) >= 11 is 1.46. The highest BCUT2D eigenvalue weighted by atomic mass is 32.2. The number of thiazole rings is 1. The quantitative estimate of drug-likeness (QED) is 0.332. The molecule has 3 heterocycles. The highest BCUT2D eigenvalue weighted by Crippen LogP contribution is 2.26. The Morgan fingerprint density at radius 1 is 1.06 bits per heavy atom. The highest BCUT2D eigenvalue weighted by molar-refractivity contribution is 7.89. The average Bonchev–Trinajstić information content (AvgIpc) is 3.28. The van der Waals surface area contributed by atoms with Gasteiger partial charge >= 0.3 is 0 Å². The number of hydrogen-bond acceptors (Lipinski definition) is 9. The molecule has 4 aromatic rings. The Morgan fingerprint density at radius 3 is 2.44 bits per heavy atom. The first-order valence-corrected chi connectivity index (χ1v) is 13.8. The van der Waals surface area contributed by atoms with Gasteiger partial charge in [-0.15, -0.1) is 0 Å². The third-order valence-corrected chi connectivity index (χ3v) is 8.91. The van der Waals surface area contributed by atoms with E-state index in [1.807, 2.05) is 30.4 Å². The van der Waals surface area contributed by atoms with E-state index in [9.17, 15) is 13.5 Å². The van der Waals surface area contributed by atoms with Gasteiger partial charge in [-0.05, 0) is 60.7 Å². The Balaban J connectivity index is 1.21. The molecule has 0 unspecified atom stereocenters. The lowest BCUT2D eigenvalue weighted by molar-refractivity contribution is 0.170. The standard InChI is InChI=1S/C25H26N6O3S2/c26-24-30-22-8-3-17(13-23(22)35-24)1-2-19-14-27-25(28-15-19)29-20-4-6-21(7-5-20)36(33,34)31-11-9-18(16-32)10-12-31/h1-8,13-15,18,32H,9-12,16H2,(H2,26,30)(H,27,28,29)/b2-1+. The summed E-state index contributed by atoms with van der Waals surface area (Å²) < 4.78 is 28.4. The van der Waals surface area contributed by atoms with Gasteiger partial charge in [-0.25, -0.2) is 23.4 Å². The Hall–Kier alpha value is -3.38. The van der Waals surface area contributed by atoms with Crippen molar-refractivity contribution in [2.24, 2.45) is 5.92 Å². The molecule has 1 saturated heterocycles. The molecule has 36 heavy (non-hydrogen) atoms. The largest absolute Gasteiger partial charge is 0.396 e. The molecule has 186 valence electrons. The van der Waals surface area contributed by atoms with Crippen molar-refractivity contribution in [1.29, 1.82) is 0 Å². The fourth-order valence-electron chi connectivity index (χ4n) is 4.06. The number of nitrogens with one attached hydrogen (secondary N) is 1. The van der Waals surface area contributed by atoms with Crippen LogP contribution in [0.1, 0.15) is 24.0 Å². The molecule has 2 aromatic heterocycles. The molecule has 0 atom stereocenters. The topological polar surface area (TPSA) is 134 Å². The van der Waals surface area contributed by atoms with Crippen molar-refractivity contribution in [1.82, 2.24) is 19.3 Å². The number of piperidine rings is 1. The number of aromatic nitrogens is 3. The van der Waals surface area contributed by atoms with Crippen LogP contribution in [0, 0.1) is 5.92 Å². The van der Waals surface area contributed by atoms with Gasteiger partial charge in [-0.3, -0.25) is 0 Å². The summed E-state index contributed by atoms with van der Waals surface area (Å²) in [6, 6.07) is 12.5. The van der Waals surface area contributed by atoms with E-state index in [0.717, 1.165) is 21.3 Å². The van der Waals surface area contributed by atoms with E-state index >= 15 is 0 Å². The molecule has 4 N–H and O–H groups in total. The first-order valence-electron chi connectivity index (χ1n) is 11.5. The van der Waals surface area contributed by atoms with E-state index in [-0.39, 0.29) is 17.4 Å². The number of fused-ring (bicyclic) bond motifs is 1. The van der Waals surface area contributed by atoms with Gasteiger partial charge < -0.3 is 16.2 Å². The Kier molecular flexibility index (Phi) is 6.97. The maximum absolute atomic E-state index is 12.9. The number of nitrogen functional groups attached to an aromatic ring is 1. The molecule has 11 heteroatoms. The molecule has 1 aliphatic rings. The first-order chi connectivity index (χ1) is 17.4. The molecule has 2 aromatic carbocycles. The number of hydrogen-bond donors (Lipinski definition) is 3. The number of sulfonamides is 1. The van der Waals surface area contributed by atoms with Crippen LogP contribution in [0.4, 0.5) is 16.8 Å². The maximum atomic E-state index is 12.9. The maximum Gasteiger partial charge on any atom is 0.243 e. The average molecular weight is 523 g/mol. The molecule has 0 spiro atoms. The van der Waals surface area contributed by atoms with Crippen molar-refractivity contribution in [2.75, 3.05) is 30.7 Å². The lowest BCUT2D eigenvalue weighted by atomic mass is 10.00. The molecule has 1 fully saturated rings. The molecule has 0 bridgehead atoms. The van der Waals surface area contributed by atoms with Gasteiger partial charge in [0.1, 0.15) is 0 Å². The van der Waals surface area contributed by atoms with E-state index < -0.39 is 10.0 Å². The van der Waals surface area contributed by atoms with Gasteiger partial charge in [0.25, 0.3) is 0 Å². The molecule has 0 amide bonds. The van der Waals surface area contributed by atoms with Crippen molar-refractivity contribution >= 4 is 60.5 Å². The fourth-order valence-corrected chi connectivity index (χ4v) is 6.32. The number of aliphatic hydroxyl groups excluding tert-OH is 1. The van der Waals surface area contributed by atoms with Crippen LogP contribution in [0.15, 0.2) is 59.8 Å². The molecule has 1 aliphatic heterocycles. The zero-order chi connectivity index (χ0) is 25.1. The SMILES string of the molecule is Nc1nc2ccc(/C=C/c3cnc(Nc4ccc(S(=O)(=O)N5CCC(CO)CC5)cc4)nc3)cc2s1. The van der Waals surface area contributed by atoms with Crippen molar-refractivity contribution in [3.05, 3.63) is 66.0 Å². The Bertz CT molecular complexity index is 1480. The van der Waals surface area contributed by atoms with Crippen LogP contribution in [-0.2, 0) is 10.0 Å².